The number of rotatable bonds is 8. The molecular formula is C34H35N7O4S. The lowest BCUT2D eigenvalue weighted by atomic mass is 9.86. The summed E-state index contributed by atoms with van der Waals surface area (Å²) in [6.07, 6.45) is 5.06. The van der Waals surface area contributed by atoms with Gasteiger partial charge in [0.15, 0.2) is 10.9 Å². The van der Waals surface area contributed by atoms with E-state index < -0.39 is 6.03 Å². The van der Waals surface area contributed by atoms with Crippen LogP contribution in [0.4, 0.5) is 27.0 Å². The van der Waals surface area contributed by atoms with E-state index in [2.05, 4.69) is 51.7 Å². The van der Waals surface area contributed by atoms with Crippen LogP contribution in [0.5, 0.6) is 17.4 Å². The predicted molar refractivity (Wildman–Crippen MR) is 181 cm³/mol. The van der Waals surface area contributed by atoms with Crippen molar-refractivity contribution >= 4 is 56.2 Å². The van der Waals surface area contributed by atoms with E-state index in [-0.39, 0.29) is 11.3 Å². The van der Waals surface area contributed by atoms with Crippen molar-refractivity contribution in [2.45, 2.75) is 39.0 Å². The van der Waals surface area contributed by atoms with Gasteiger partial charge in [0.25, 0.3) is 5.91 Å². The minimum Gasteiger partial charge on any atom is -0.492 e. The van der Waals surface area contributed by atoms with Crippen LogP contribution in [-0.4, -0.2) is 52.0 Å². The average Bonchev–Trinajstić information content (AvgIpc) is 3.75. The smallest absolute Gasteiger partial charge is 0.323 e. The Morgan fingerprint density at radius 3 is 2.39 bits per heavy atom. The molecule has 3 N–H and O–H groups in total. The van der Waals surface area contributed by atoms with Crippen LogP contribution in [-0.2, 0) is 5.41 Å². The summed E-state index contributed by atoms with van der Waals surface area (Å²) in [5.41, 5.74) is 2.84. The zero-order valence-electron chi connectivity index (χ0n) is 26.1. The summed E-state index contributed by atoms with van der Waals surface area (Å²) < 4.78 is 11.8. The van der Waals surface area contributed by atoms with E-state index in [1.165, 1.54) is 17.7 Å². The van der Waals surface area contributed by atoms with Gasteiger partial charge < -0.3 is 30.3 Å². The Bertz CT molecular complexity index is 1880. The first kappa shape index (κ1) is 30.8. The van der Waals surface area contributed by atoms with Crippen molar-refractivity contribution in [1.82, 2.24) is 19.9 Å². The summed E-state index contributed by atoms with van der Waals surface area (Å²) in [5.74, 6) is 1.39. The molecule has 1 aliphatic heterocycles. The molecule has 0 saturated carbocycles. The quantitative estimate of drug-likeness (QED) is 0.157. The largest absolute Gasteiger partial charge is 0.492 e. The molecule has 11 nitrogen and oxygen atoms in total. The molecule has 2 aromatic heterocycles. The van der Waals surface area contributed by atoms with Crippen LogP contribution in [0, 0.1) is 0 Å². The number of ether oxygens (including phenoxy) is 2. The molecule has 0 radical (unpaired) electrons. The highest BCUT2D eigenvalue weighted by Gasteiger charge is 2.24. The molecule has 0 spiro atoms. The minimum atomic E-state index is -0.447. The number of urea groups is 1. The minimum absolute atomic E-state index is 0.0580. The van der Waals surface area contributed by atoms with E-state index >= 15 is 0 Å². The van der Waals surface area contributed by atoms with Gasteiger partial charge in [-0.05, 0) is 48.1 Å². The maximum Gasteiger partial charge on any atom is 0.323 e. The van der Waals surface area contributed by atoms with Crippen molar-refractivity contribution in [3.05, 3.63) is 83.8 Å². The zero-order valence-corrected chi connectivity index (χ0v) is 26.9. The number of hydrogen-bond acceptors (Lipinski definition) is 9. The molecule has 3 aromatic carbocycles. The Balaban J connectivity index is 1.26. The number of anilines is 4. The van der Waals surface area contributed by atoms with Gasteiger partial charge in [-0.2, -0.15) is 0 Å². The Labute approximate surface area is 271 Å². The first-order valence-electron chi connectivity index (χ1n) is 15.0. The second kappa shape index (κ2) is 13.0. The molecule has 236 valence electrons. The van der Waals surface area contributed by atoms with Crippen molar-refractivity contribution in [1.29, 1.82) is 0 Å². The van der Waals surface area contributed by atoms with E-state index in [4.69, 9.17) is 9.47 Å². The molecule has 3 heterocycles. The highest BCUT2D eigenvalue weighted by Crippen LogP contribution is 2.41. The molecule has 0 aliphatic carbocycles. The van der Waals surface area contributed by atoms with E-state index in [9.17, 15) is 9.59 Å². The number of carbonyl (C=O) groups excluding carboxylic acids is 2. The normalized spacial score (nSPS) is 13.0. The number of benzene rings is 3. The van der Waals surface area contributed by atoms with Gasteiger partial charge in [0.1, 0.15) is 17.8 Å². The Morgan fingerprint density at radius 2 is 1.67 bits per heavy atom. The second-order valence-electron chi connectivity index (χ2n) is 11.9. The zero-order chi connectivity index (χ0) is 32.3. The van der Waals surface area contributed by atoms with E-state index in [0.717, 1.165) is 42.3 Å². The first-order chi connectivity index (χ1) is 22.2. The Morgan fingerprint density at radius 1 is 0.935 bits per heavy atom. The van der Waals surface area contributed by atoms with E-state index in [0.29, 0.717) is 45.3 Å². The number of amides is 3. The number of aromatic nitrogens is 3. The summed E-state index contributed by atoms with van der Waals surface area (Å²) in [7, 11) is 1.55. The number of likely N-dealkylation sites (tertiary alicyclic amines) is 1. The van der Waals surface area contributed by atoms with Crippen molar-refractivity contribution < 1.29 is 19.1 Å². The van der Waals surface area contributed by atoms with Gasteiger partial charge in [0.05, 0.1) is 24.2 Å². The average molecular weight is 638 g/mol. The highest BCUT2D eigenvalue weighted by atomic mass is 32.1. The number of nitrogens with zero attached hydrogens (tertiary/aromatic N) is 4. The third kappa shape index (κ3) is 6.71. The van der Waals surface area contributed by atoms with Crippen LogP contribution in [0.3, 0.4) is 0 Å². The summed E-state index contributed by atoms with van der Waals surface area (Å²) in [6, 6.07) is 16.3. The lowest BCUT2D eigenvalue weighted by molar-refractivity contribution is 0.0788. The summed E-state index contributed by atoms with van der Waals surface area (Å²) in [4.78, 5) is 40.9. The molecule has 0 bridgehead atoms. The monoisotopic (exact) mass is 637 g/mol. The molecule has 0 atom stereocenters. The predicted octanol–water partition coefficient (Wildman–Crippen LogP) is 7.81. The third-order valence-corrected chi connectivity index (χ3v) is 8.42. The summed E-state index contributed by atoms with van der Waals surface area (Å²) in [5, 5.41) is 13.2. The lowest BCUT2D eigenvalue weighted by Gasteiger charge is -2.24. The third-order valence-electron chi connectivity index (χ3n) is 7.67. The van der Waals surface area contributed by atoms with Crippen molar-refractivity contribution in [3.63, 3.8) is 0 Å². The standard InChI is InChI=1S/C34H35N7O4S/c1-34(2,3)21-17-25(30(44-4)26(18-21)39-33-40-27(19-46-33)31(42)41-15-7-8-16-41)38-32(43)37-24-11-12-28(23-10-6-5-9-22(23)24)45-29-13-14-35-20-36-29/h5-6,9-14,17-20H,7-8,15-16H2,1-4H3,(H,39,40)(H2,37,38,43). The van der Waals surface area contributed by atoms with Crippen molar-refractivity contribution in [2.24, 2.45) is 0 Å². The molecule has 12 heteroatoms. The molecule has 0 unspecified atom stereocenters. The molecule has 1 fully saturated rings. The van der Waals surface area contributed by atoms with Crippen molar-refractivity contribution in [3.8, 4) is 17.4 Å². The number of methoxy groups -OCH3 is 1. The van der Waals surface area contributed by atoms with Gasteiger partial charge in [-0.1, -0.05) is 45.0 Å². The lowest BCUT2D eigenvalue weighted by Crippen LogP contribution is -2.27. The molecule has 3 amide bonds. The van der Waals surface area contributed by atoms with Crippen LogP contribution in [0.1, 0.15) is 49.7 Å². The van der Waals surface area contributed by atoms with Gasteiger partial charge in [-0.3, -0.25) is 4.79 Å². The Kier molecular flexibility index (Phi) is 8.71. The van der Waals surface area contributed by atoms with Crippen LogP contribution >= 0.6 is 11.3 Å². The Hall–Kier alpha value is -5.23. The number of fused-ring (bicyclic) bond motifs is 1. The van der Waals surface area contributed by atoms with Crippen molar-refractivity contribution in [2.75, 3.05) is 36.1 Å². The number of carbonyl (C=O) groups is 2. The maximum absolute atomic E-state index is 13.5. The maximum atomic E-state index is 13.5. The molecule has 5 aromatic rings. The summed E-state index contributed by atoms with van der Waals surface area (Å²) >= 11 is 1.35. The first-order valence-corrected chi connectivity index (χ1v) is 15.9. The van der Waals surface area contributed by atoms with Gasteiger partial charge in [0.2, 0.25) is 5.88 Å². The fraction of sp³-hybridized carbons (Fsp3) is 0.265. The van der Waals surface area contributed by atoms with Gasteiger partial charge in [-0.25, -0.2) is 19.7 Å². The highest BCUT2D eigenvalue weighted by molar-refractivity contribution is 7.14. The van der Waals surface area contributed by atoms with Crippen LogP contribution in [0.15, 0.2) is 72.5 Å². The molecular weight excluding hydrogens is 602 g/mol. The van der Waals surface area contributed by atoms with E-state index in [1.54, 1.807) is 36.9 Å². The summed E-state index contributed by atoms with van der Waals surface area (Å²) in [6.45, 7) is 7.80. The molecule has 6 rings (SSSR count). The van der Waals surface area contributed by atoms with E-state index in [1.807, 2.05) is 41.3 Å². The van der Waals surface area contributed by atoms with Crippen LogP contribution < -0.4 is 25.4 Å². The number of thiazole rings is 1. The molecule has 1 saturated heterocycles. The fourth-order valence-corrected chi connectivity index (χ4v) is 5.99. The number of hydrogen-bond donors (Lipinski definition) is 3. The molecule has 1 aliphatic rings. The van der Waals surface area contributed by atoms with Crippen LogP contribution in [0.25, 0.3) is 10.8 Å². The molecule has 46 heavy (non-hydrogen) atoms. The van der Waals surface area contributed by atoms with Gasteiger partial charge in [0, 0.05) is 41.5 Å². The topological polar surface area (TPSA) is 131 Å². The van der Waals surface area contributed by atoms with Gasteiger partial charge in [-0.15, -0.1) is 11.3 Å². The fourth-order valence-electron chi connectivity index (χ4n) is 5.29. The SMILES string of the molecule is COc1c(NC(=O)Nc2ccc(Oc3ccncn3)c3ccccc23)cc(C(C)(C)C)cc1Nc1nc(C(=O)N2CCCC2)cs1. The van der Waals surface area contributed by atoms with Gasteiger partial charge >= 0.3 is 6.03 Å². The number of nitrogens with one attached hydrogen (secondary N) is 3. The van der Waals surface area contributed by atoms with Crippen LogP contribution in [0.2, 0.25) is 0 Å². The second-order valence-corrected chi connectivity index (χ2v) is 12.8.